The van der Waals surface area contributed by atoms with Crippen LogP contribution in [0.5, 0.6) is 0 Å². The topological polar surface area (TPSA) is 20.3 Å². The predicted octanol–water partition coefficient (Wildman–Crippen LogP) is 1.86. The number of hydrogen-bond donors (Lipinski definition) is 0. The van der Waals surface area contributed by atoms with Crippen LogP contribution in [0.1, 0.15) is 5.56 Å². The lowest BCUT2D eigenvalue weighted by molar-refractivity contribution is 0.563. The van der Waals surface area contributed by atoms with Crippen molar-refractivity contribution >= 4 is 23.6 Å². The molecule has 2 nitrogen and oxygen atoms in total. The van der Waals surface area contributed by atoms with Gasteiger partial charge in [0.25, 0.3) is 0 Å². The first kappa shape index (κ1) is 9.07. The van der Waals surface area contributed by atoms with Gasteiger partial charge in [0.2, 0.25) is 6.29 Å². The molecule has 0 atom stereocenters. The molecule has 0 saturated carbocycles. The molecule has 0 amide bonds. The van der Waals surface area contributed by atoms with Crippen molar-refractivity contribution < 1.29 is 4.79 Å². The number of hydrogen-bond acceptors (Lipinski definition) is 2. The van der Waals surface area contributed by atoms with E-state index < -0.39 is 0 Å². The molecule has 0 fully saturated rings. The molecule has 0 bridgehead atoms. The predicted molar refractivity (Wildman–Crippen MR) is 50.6 cm³/mol. The van der Waals surface area contributed by atoms with E-state index in [0.29, 0.717) is 10.6 Å². The lowest BCUT2D eigenvalue weighted by Gasteiger charge is -2.12. The monoisotopic (exact) mass is 182 g/mol. The highest BCUT2D eigenvalue weighted by Gasteiger charge is 2.01. The van der Waals surface area contributed by atoms with Gasteiger partial charge < -0.3 is 4.90 Å². The highest BCUT2D eigenvalue weighted by molar-refractivity contribution is 6.33. The van der Waals surface area contributed by atoms with Gasteiger partial charge in [0.1, 0.15) is 0 Å². The van der Waals surface area contributed by atoms with Gasteiger partial charge in [-0.25, -0.2) is 0 Å². The third-order valence-corrected chi connectivity index (χ3v) is 1.89. The maximum absolute atomic E-state index is 10.3. The van der Waals surface area contributed by atoms with Crippen molar-refractivity contribution in [1.82, 2.24) is 0 Å². The maximum atomic E-state index is 10.3. The third-order valence-electron chi connectivity index (χ3n) is 1.58. The molecule has 1 aromatic rings. The Hall–Kier alpha value is -1.02. The summed E-state index contributed by atoms with van der Waals surface area (Å²) in [5, 5.41) is 0.441. The van der Waals surface area contributed by atoms with Gasteiger partial charge >= 0.3 is 0 Å². The van der Waals surface area contributed by atoms with E-state index in [1.54, 1.807) is 18.4 Å². The molecule has 3 heteroatoms. The zero-order valence-electron chi connectivity index (χ0n) is 6.97. The largest absolute Gasteiger partial charge is 0.378 e. The Morgan fingerprint density at radius 1 is 1.42 bits per heavy atom. The molecule has 0 unspecified atom stereocenters. The zero-order chi connectivity index (χ0) is 9.14. The number of benzene rings is 1. The van der Waals surface area contributed by atoms with E-state index in [1.807, 2.05) is 25.1 Å². The van der Waals surface area contributed by atoms with E-state index >= 15 is 0 Å². The molecule has 0 aromatic heterocycles. The fraction of sp³-hybridized carbons (Fsp3) is 0.222. The lowest BCUT2D eigenvalue weighted by atomic mass is 10.2. The van der Waals surface area contributed by atoms with Crippen LogP contribution in [-0.2, 0) is 4.79 Å². The van der Waals surface area contributed by atoms with E-state index in [9.17, 15) is 4.79 Å². The van der Waals surface area contributed by atoms with Crippen LogP contribution in [0.15, 0.2) is 18.2 Å². The first-order valence-electron chi connectivity index (χ1n) is 3.50. The van der Waals surface area contributed by atoms with Gasteiger partial charge in [-0.3, -0.25) is 4.79 Å². The van der Waals surface area contributed by atoms with E-state index in [4.69, 9.17) is 11.6 Å². The molecule has 0 heterocycles. The summed E-state index contributed by atoms with van der Waals surface area (Å²) in [5.74, 6) is 0. The summed E-state index contributed by atoms with van der Waals surface area (Å²) in [4.78, 5) is 12.2. The molecule has 0 aliphatic heterocycles. The van der Waals surface area contributed by atoms with Crippen LogP contribution < -0.4 is 4.90 Å². The molecule has 63 valence electrons. The highest BCUT2D eigenvalue weighted by atomic mass is 35.5. The summed E-state index contributed by atoms with van der Waals surface area (Å²) in [6.07, 6.45) is 1.76. The van der Waals surface area contributed by atoms with Crippen LogP contribution in [0.25, 0.3) is 0 Å². The van der Waals surface area contributed by atoms with Crippen molar-refractivity contribution in [3.05, 3.63) is 28.8 Å². The van der Waals surface area contributed by atoms with Crippen LogP contribution in [-0.4, -0.2) is 20.4 Å². The fourth-order valence-electron chi connectivity index (χ4n) is 0.865. The zero-order valence-corrected chi connectivity index (χ0v) is 7.72. The van der Waals surface area contributed by atoms with Gasteiger partial charge in [-0.15, -0.1) is 0 Å². The van der Waals surface area contributed by atoms with E-state index in [2.05, 4.69) is 0 Å². The van der Waals surface area contributed by atoms with Gasteiger partial charge in [0.05, 0.1) is 5.02 Å². The second kappa shape index (κ2) is 3.59. The van der Waals surface area contributed by atoms with E-state index in [0.717, 1.165) is 5.69 Å². The summed E-state index contributed by atoms with van der Waals surface area (Å²) >= 11 is 5.78. The van der Waals surface area contributed by atoms with Crippen molar-refractivity contribution in [3.63, 3.8) is 0 Å². The summed E-state index contributed by atoms with van der Waals surface area (Å²) in [6, 6.07) is 5.22. The van der Waals surface area contributed by atoms with Crippen molar-refractivity contribution in [2.45, 2.75) is 0 Å². The Kier molecular flexibility index (Phi) is 2.71. The lowest BCUT2D eigenvalue weighted by Crippen LogP contribution is -2.08. The Morgan fingerprint density at radius 2 is 2.08 bits per heavy atom. The van der Waals surface area contributed by atoms with Crippen molar-refractivity contribution in [3.8, 4) is 0 Å². The van der Waals surface area contributed by atoms with Gasteiger partial charge in [-0.05, 0) is 18.2 Å². The molecular formula is C9H9ClNO. The quantitative estimate of drug-likeness (QED) is 0.696. The SMILES string of the molecule is CN(C)c1ccc([C]=O)c(Cl)c1. The van der Waals surface area contributed by atoms with E-state index in [-0.39, 0.29) is 0 Å². The minimum Gasteiger partial charge on any atom is -0.378 e. The van der Waals surface area contributed by atoms with Crippen molar-refractivity contribution in [1.29, 1.82) is 0 Å². The molecule has 0 spiro atoms. The van der Waals surface area contributed by atoms with Crippen LogP contribution >= 0.6 is 11.6 Å². The summed E-state index contributed by atoms with van der Waals surface area (Å²) in [5.41, 5.74) is 1.38. The number of carbonyl (C=O) groups excluding carboxylic acids is 1. The number of anilines is 1. The Morgan fingerprint density at radius 3 is 2.50 bits per heavy atom. The molecule has 12 heavy (non-hydrogen) atoms. The van der Waals surface area contributed by atoms with Gasteiger partial charge in [-0.1, -0.05) is 11.6 Å². The summed E-state index contributed by atoms with van der Waals surface area (Å²) in [7, 11) is 3.83. The maximum Gasteiger partial charge on any atom is 0.235 e. The smallest absolute Gasteiger partial charge is 0.235 e. The van der Waals surface area contributed by atoms with Crippen LogP contribution in [0.3, 0.4) is 0 Å². The fourth-order valence-corrected chi connectivity index (χ4v) is 1.08. The second-order valence-electron chi connectivity index (χ2n) is 2.66. The normalized spacial score (nSPS) is 9.58. The minimum absolute atomic E-state index is 0.405. The van der Waals surface area contributed by atoms with Crippen LogP contribution in [0.4, 0.5) is 5.69 Å². The molecule has 1 rings (SSSR count). The van der Waals surface area contributed by atoms with Gasteiger partial charge in [0, 0.05) is 25.3 Å². The Labute approximate surface area is 76.8 Å². The first-order valence-corrected chi connectivity index (χ1v) is 3.88. The van der Waals surface area contributed by atoms with E-state index in [1.165, 1.54) is 0 Å². The van der Waals surface area contributed by atoms with Crippen LogP contribution in [0, 0.1) is 0 Å². The number of nitrogens with zero attached hydrogens (tertiary/aromatic N) is 1. The van der Waals surface area contributed by atoms with Gasteiger partial charge in [-0.2, -0.15) is 0 Å². The Balaban J connectivity index is 3.10. The average Bonchev–Trinajstić information content (AvgIpc) is 2.04. The molecule has 0 saturated heterocycles. The molecule has 0 aliphatic carbocycles. The van der Waals surface area contributed by atoms with Gasteiger partial charge in [0.15, 0.2) is 0 Å². The number of halogens is 1. The standard InChI is InChI=1S/C9H9ClNO/c1-11(2)8-4-3-7(6-12)9(10)5-8/h3-5H,1-2H3. The molecule has 1 radical (unpaired) electrons. The first-order chi connectivity index (χ1) is 5.65. The molecular weight excluding hydrogens is 174 g/mol. The van der Waals surface area contributed by atoms with Crippen molar-refractivity contribution in [2.75, 3.05) is 19.0 Å². The average molecular weight is 183 g/mol. The van der Waals surface area contributed by atoms with Crippen molar-refractivity contribution in [2.24, 2.45) is 0 Å². The molecule has 0 aliphatic rings. The third kappa shape index (κ3) is 1.77. The Bertz CT molecular complexity index is 297. The molecule has 1 aromatic carbocycles. The minimum atomic E-state index is 0.405. The molecule has 0 N–H and O–H groups in total. The highest BCUT2D eigenvalue weighted by Crippen LogP contribution is 2.20. The number of rotatable bonds is 2. The summed E-state index contributed by atoms with van der Waals surface area (Å²) in [6.45, 7) is 0. The summed E-state index contributed by atoms with van der Waals surface area (Å²) < 4.78 is 0. The second-order valence-corrected chi connectivity index (χ2v) is 3.07. The van der Waals surface area contributed by atoms with Crippen LogP contribution in [0.2, 0.25) is 5.02 Å².